The fraction of sp³-hybridized carbons (Fsp3) is 1.00. The van der Waals surface area contributed by atoms with Gasteiger partial charge < -0.3 is 4.48 Å². The summed E-state index contributed by atoms with van der Waals surface area (Å²) in [5.74, 6) is 1.72. The van der Waals surface area contributed by atoms with Crippen molar-refractivity contribution in [2.45, 2.75) is 34.1 Å². The van der Waals surface area contributed by atoms with Crippen LogP contribution in [-0.4, -0.2) is 31.7 Å². The van der Waals surface area contributed by atoms with Gasteiger partial charge in [-0.1, -0.05) is 27.2 Å². The number of nitrogens with zero attached hydrogens (tertiary/aromatic N) is 1. The van der Waals surface area contributed by atoms with Gasteiger partial charge in [-0.15, -0.1) is 0 Å². The quantitative estimate of drug-likeness (QED) is 0.559. The average molecular weight is 172 g/mol. The molecule has 0 aromatic carbocycles. The molecule has 0 aromatic rings. The van der Waals surface area contributed by atoms with E-state index in [0.29, 0.717) is 0 Å². The highest BCUT2D eigenvalue weighted by atomic mass is 15.3. The summed E-state index contributed by atoms with van der Waals surface area (Å²) in [6, 6.07) is 0. The standard InChI is InChI=1S/C11H26N/c1-7-10(3)11(4)9-12(5,6)8-2/h10-11H,7-9H2,1-6H3/q+1. The molecule has 1 heteroatoms. The van der Waals surface area contributed by atoms with Crippen LogP contribution in [0.5, 0.6) is 0 Å². The molecule has 0 aliphatic carbocycles. The Morgan fingerprint density at radius 3 is 1.83 bits per heavy atom. The van der Waals surface area contributed by atoms with Crippen LogP contribution in [0.15, 0.2) is 0 Å². The Balaban J connectivity index is 3.90. The van der Waals surface area contributed by atoms with E-state index in [0.717, 1.165) is 16.3 Å². The predicted octanol–water partition coefficient (Wildman–Crippen LogP) is 2.76. The van der Waals surface area contributed by atoms with E-state index in [2.05, 4.69) is 41.8 Å². The molecule has 0 rings (SSSR count). The Hall–Kier alpha value is -0.0400. The minimum atomic E-state index is 0.852. The molecule has 2 unspecified atom stereocenters. The maximum atomic E-state index is 2.38. The second kappa shape index (κ2) is 4.86. The lowest BCUT2D eigenvalue weighted by Gasteiger charge is -2.33. The first kappa shape index (κ1) is 12.0. The lowest BCUT2D eigenvalue weighted by atomic mass is 9.93. The normalized spacial score (nSPS) is 17.5. The molecule has 0 aliphatic rings. The Labute approximate surface area is 78.4 Å². The smallest absolute Gasteiger partial charge is 0.0810 e. The second-order valence-electron chi connectivity index (χ2n) is 4.80. The van der Waals surface area contributed by atoms with Crippen LogP contribution >= 0.6 is 0 Å². The molecule has 0 spiro atoms. The zero-order valence-electron chi connectivity index (χ0n) is 9.72. The Kier molecular flexibility index (Phi) is 4.84. The highest BCUT2D eigenvalue weighted by Crippen LogP contribution is 2.17. The highest BCUT2D eigenvalue weighted by molar-refractivity contribution is 4.59. The van der Waals surface area contributed by atoms with E-state index >= 15 is 0 Å². The molecule has 0 amide bonds. The largest absolute Gasteiger partial charge is 0.328 e. The Morgan fingerprint density at radius 2 is 1.50 bits per heavy atom. The van der Waals surface area contributed by atoms with Crippen LogP contribution in [-0.2, 0) is 0 Å². The van der Waals surface area contributed by atoms with E-state index in [1.54, 1.807) is 0 Å². The molecular weight excluding hydrogens is 146 g/mol. The summed E-state index contributed by atoms with van der Waals surface area (Å²) < 4.78 is 1.16. The molecule has 1 nitrogen and oxygen atoms in total. The van der Waals surface area contributed by atoms with Gasteiger partial charge in [0.2, 0.25) is 0 Å². The summed E-state index contributed by atoms with van der Waals surface area (Å²) in [7, 11) is 4.64. The van der Waals surface area contributed by atoms with Crippen LogP contribution in [0.4, 0.5) is 0 Å². The molecule has 0 aliphatic heterocycles. The van der Waals surface area contributed by atoms with Crippen LogP contribution in [0.3, 0.4) is 0 Å². The van der Waals surface area contributed by atoms with Crippen molar-refractivity contribution in [1.29, 1.82) is 0 Å². The SMILES string of the molecule is CCC(C)C(C)C[N+](C)(C)CC. The van der Waals surface area contributed by atoms with Gasteiger partial charge in [-0.2, -0.15) is 0 Å². The molecule has 74 valence electrons. The summed E-state index contributed by atoms with van der Waals surface area (Å²) in [6.45, 7) is 11.8. The van der Waals surface area contributed by atoms with Gasteiger partial charge >= 0.3 is 0 Å². The highest BCUT2D eigenvalue weighted by Gasteiger charge is 2.20. The van der Waals surface area contributed by atoms with Crippen molar-refractivity contribution in [2.24, 2.45) is 11.8 Å². The number of quaternary nitrogens is 1. The van der Waals surface area contributed by atoms with E-state index in [1.807, 2.05) is 0 Å². The van der Waals surface area contributed by atoms with Gasteiger partial charge in [-0.25, -0.2) is 0 Å². The monoisotopic (exact) mass is 172 g/mol. The van der Waals surface area contributed by atoms with Crippen molar-refractivity contribution in [2.75, 3.05) is 27.2 Å². The Bertz CT molecular complexity index is 118. The zero-order valence-corrected chi connectivity index (χ0v) is 9.72. The molecular formula is C11H26N+. The van der Waals surface area contributed by atoms with Crippen LogP contribution in [0.1, 0.15) is 34.1 Å². The number of hydrogen-bond donors (Lipinski definition) is 0. The van der Waals surface area contributed by atoms with E-state index in [9.17, 15) is 0 Å². The Morgan fingerprint density at radius 1 is 1.00 bits per heavy atom. The van der Waals surface area contributed by atoms with Gasteiger partial charge in [0, 0.05) is 5.92 Å². The molecule has 0 fully saturated rings. The fourth-order valence-corrected chi connectivity index (χ4v) is 1.49. The maximum Gasteiger partial charge on any atom is 0.0810 e. The van der Waals surface area contributed by atoms with E-state index in [1.165, 1.54) is 19.5 Å². The third-order valence-corrected chi connectivity index (χ3v) is 3.25. The summed E-state index contributed by atoms with van der Waals surface area (Å²) in [5, 5.41) is 0. The molecule has 12 heavy (non-hydrogen) atoms. The number of rotatable bonds is 5. The minimum absolute atomic E-state index is 0.852. The topological polar surface area (TPSA) is 0 Å². The van der Waals surface area contributed by atoms with Crippen molar-refractivity contribution in [1.82, 2.24) is 0 Å². The van der Waals surface area contributed by atoms with Crippen molar-refractivity contribution in [3.8, 4) is 0 Å². The second-order valence-corrected chi connectivity index (χ2v) is 4.80. The van der Waals surface area contributed by atoms with Crippen molar-refractivity contribution >= 4 is 0 Å². The minimum Gasteiger partial charge on any atom is -0.328 e. The summed E-state index contributed by atoms with van der Waals surface area (Å²) in [4.78, 5) is 0. The van der Waals surface area contributed by atoms with Gasteiger partial charge in [-0.05, 0) is 12.8 Å². The zero-order chi connectivity index (χ0) is 9.78. The van der Waals surface area contributed by atoms with Crippen LogP contribution in [0.25, 0.3) is 0 Å². The number of hydrogen-bond acceptors (Lipinski definition) is 0. The van der Waals surface area contributed by atoms with Crippen molar-refractivity contribution < 1.29 is 4.48 Å². The van der Waals surface area contributed by atoms with Gasteiger partial charge in [-0.3, -0.25) is 0 Å². The van der Waals surface area contributed by atoms with Crippen LogP contribution in [0.2, 0.25) is 0 Å². The fourth-order valence-electron chi connectivity index (χ4n) is 1.49. The van der Waals surface area contributed by atoms with Gasteiger partial charge in [0.05, 0.1) is 27.2 Å². The third kappa shape index (κ3) is 4.10. The molecule has 0 saturated carbocycles. The third-order valence-electron chi connectivity index (χ3n) is 3.25. The molecule has 0 saturated heterocycles. The molecule has 0 bridgehead atoms. The lowest BCUT2D eigenvalue weighted by Crippen LogP contribution is -2.43. The predicted molar refractivity (Wildman–Crippen MR) is 56.1 cm³/mol. The van der Waals surface area contributed by atoms with Crippen molar-refractivity contribution in [3.05, 3.63) is 0 Å². The van der Waals surface area contributed by atoms with Gasteiger partial charge in [0.15, 0.2) is 0 Å². The first-order chi connectivity index (χ1) is 5.43. The average Bonchev–Trinajstić information content (AvgIpc) is 2.02. The van der Waals surface area contributed by atoms with Crippen LogP contribution in [0, 0.1) is 11.8 Å². The van der Waals surface area contributed by atoms with Gasteiger partial charge in [0.1, 0.15) is 0 Å². The first-order valence-electron chi connectivity index (χ1n) is 5.25. The first-order valence-corrected chi connectivity index (χ1v) is 5.25. The van der Waals surface area contributed by atoms with E-state index in [-0.39, 0.29) is 0 Å². The molecule has 0 aromatic heterocycles. The molecule has 0 N–H and O–H groups in total. The van der Waals surface area contributed by atoms with Crippen LogP contribution < -0.4 is 0 Å². The molecule has 2 atom stereocenters. The lowest BCUT2D eigenvalue weighted by molar-refractivity contribution is -0.892. The van der Waals surface area contributed by atoms with Crippen molar-refractivity contribution in [3.63, 3.8) is 0 Å². The van der Waals surface area contributed by atoms with E-state index < -0.39 is 0 Å². The molecule has 0 radical (unpaired) electrons. The van der Waals surface area contributed by atoms with Gasteiger partial charge in [0.25, 0.3) is 0 Å². The summed E-state index contributed by atoms with van der Waals surface area (Å²) in [6.07, 6.45) is 1.31. The maximum absolute atomic E-state index is 2.38. The summed E-state index contributed by atoms with van der Waals surface area (Å²) in [5.41, 5.74) is 0. The molecule has 0 heterocycles. The van der Waals surface area contributed by atoms with E-state index in [4.69, 9.17) is 0 Å². The summed E-state index contributed by atoms with van der Waals surface area (Å²) >= 11 is 0.